The summed E-state index contributed by atoms with van der Waals surface area (Å²) in [6.07, 6.45) is -6.23. The maximum absolute atomic E-state index is 13.6. The van der Waals surface area contributed by atoms with E-state index in [9.17, 15) is 23.1 Å². The van der Waals surface area contributed by atoms with E-state index in [0.717, 1.165) is 0 Å². The molecule has 1 N–H and O–H groups in total. The highest BCUT2D eigenvalue weighted by atomic mass is 35.5. The van der Waals surface area contributed by atoms with E-state index in [-0.39, 0.29) is 17.1 Å². The number of carbonyl (C=O) groups is 1. The third-order valence-electron chi connectivity index (χ3n) is 4.36. The largest absolute Gasteiger partial charge is 0.438 e. The Morgan fingerprint density at radius 1 is 1.26 bits per heavy atom. The van der Waals surface area contributed by atoms with Gasteiger partial charge in [-0.3, -0.25) is 4.79 Å². The number of hydrazone groups is 1. The van der Waals surface area contributed by atoms with Crippen molar-refractivity contribution in [1.82, 2.24) is 5.01 Å². The predicted octanol–water partition coefficient (Wildman–Crippen LogP) is 4.08. The van der Waals surface area contributed by atoms with E-state index in [1.54, 1.807) is 55.5 Å². The number of carbonyl (C=O) groups excluding carboxylic acids is 1. The number of hydrogen-bond donors (Lipinski definition) is 1. The summed E-state index contributed by atoms with van der Waals surface area (Å²) in [6.45, 7) is 1.73. The number of amides is 1. The third-order valence-corrected chi connectivity index (χ3v) is 4.78. The molecule has 0 spiro atoms. The zero-order valence-corrected chi connectivity index (χ0v) is 15.1. The number of benzene rings is 2. The van der Waals surface area contributed by atoms with Crippen LogP contribution in [0.5, 0.6) is 0 Å². The van der Waals surface area contributed by atoms with Crippen LogP contribution < -0.4 is 0 Å². The highest BCUT2D eigenvalue weighted by molar-refractivity contribution is 6.31. The van der Waals surface area contributed by atoms with Crippen LogP contribution in [0.3, 0.4) is 0 Å². The first-order valence-electron chi connectivity index (χ1n) is 8.12. The van der Waals surface area contributed by atoms with Crippen molar-refractivity contribution in [2.45, 2.75) is 31.7 Å². The Balaban J connectivity index is 1.94. The maximum atomic E-state index is 13.6. The molecule has 1 heterocycles. The summed E-state index contributed by atoms with van der Waals surface area (Å²) in [4.78, 5) is 12.6. The third kappa shape index (κ3) is 3.70. The molecule has 0 radical (unpaired) electrons. The summed E-state index contributed by atoms with van der Waals surface area (Å²) in [6, 6.07) is 12.9. The molecule has 142 valence electrons. The zero-order valence-electron chi connectivity index (χ0n) is 14.3. The Bertz CT molecular complexity index is 900. The second kappa shape index (κ2) is 6.98. The van der Waals surface area contributed by atoms with E-state index in [1.807, 2.05) is 0 Å². The summed E-state index contributed by atoms with van der Waals surface area (Å²) in [7, 11) is 0. The second-order valence-corrected chi connectivity index (χ2v) is 6.78. The lowest BCUT2D eigenvalue weighted by Crippen LogP contribution is -2.57. The van der Waals surface area contributed by atoms with E-state index in [4.69, 9.17) is 11.6 Å². The first-order chi connectivity index (χ1) is 12.6. The minimum absolute atomic E-state index is 0.00365. The molecule has 4 nitrogen and oxygen atoms in total. The lowest BCUT2D eigenvalue weighted by atomic mass is 10.0. The smallest absolute Gasteiger partial charge is 0.362 e. The summed E-state index contributed by atoms with van der Waals surface area (Å²) >= 11 is 5.93. The molecule has 0 aromatic heterocycles. The molecule has 0 fully saturated rings. The molecule has 1 aliphatic rings. The number of nitrogens with zero attached hydrogens (tertiary/aromatic N) is 2. The van der Waals surface area contributed by atoms with Crippen LogP contribution in [-0.4, -0.2) is 33.6 Å². The fourth-order valence-corrected chi connectivity index (χ4v) is 3.00. The average molecular weight is 397 g/mol. The fourth-order valence-electron chi connectivity index (χ4n) is 2.89. The highest BCUT2D eigenvalue weighted by Crippen LogP contribution is 2.41. The fraction of sp³-hybridized carbons (Fsp3) is 0.263. The molecular formula is C19H16ClF3N2O2. The molecule has 1 amide bonds. The lowest BCUT2D eigenvalue weighted by molar-refractivity contribution is -0.302. The summed E-state index contributed by atoms with van der Waals surface area (Å²) < 4.78 is 40.7. The Hall–Kier alpha value is -2.38. The van der Waals surface area contributed by atoms with Gasteiger partial charge in [-0.1, -0.05) is 54.1 Å². The van der Waals surface area contributed by atoms with Gasteiger partial charge in [0.25, 0.3) is 5.72 Å². The lowest BCUT2D eigenvalue weighted by Gasteiger charge is -2.32. The van der Waals surface area contributed by atoms with Crippen LogP contribution >= 0.6 is 11.6 Å². The van der Waals surface area contributed by atoms with Gasteiger partial charge in [0.15, 0.2) is 0 Å². The Morgan fingerprint density at radius 3 is 2.52 bits per heavy atom. The van der Waals surface area contributed by atoms with Crippen molar-refractivity contribution in [1.29, 1.82) is 0 Å². The van der Waals surface area contributed by atoms with Crippen LogP contribution in [-0.2, 0) is 11.2 Å². The molecule has 3 rings (SSSR count). The van der Waals surface area contributed by atoms with Crippen molar-refractivity contribution in [2.24, 2.45) is 5.10 Å². The van der Waals surface area contributed by atoms with E-state index in [2.05, 4.69) is 5.10 Å². The van der Waals surface area contributed by atoms with Crippen molar-refractivity contribution >= 4 is 23.2 Å². The van der Waals surface area contributed by atoms with Gasteiger partial charge in [-0.15, -0.1) is 0 Å². The number of alkyl halides is 3. The zero-order chi connectivity index (χ0) is 19.8. The van der Waals surface area contributed by atoms with Crippen LogP contribution in [0.15, 0.2) is 53.6 Å². The van der Waals surface area contributed by atoms with Gasteiger partial charge in [-0.2, -0.15) is 23.3 Å². The van der Waals surface area contributed by atoms with Gasteiger partial charge in [-0.25, -0.2) is 0 Å². The molecule has 27 heavy (non-hydrogen) atoms. The molecule has 0 saturated carbocycles. The van der Waals surface area contributed by atoms with E-state index in [1.165, 1.54) is 0 Å². The number of halogens is 4. The molecule has 2 aromatic carbocycles. The average Bonchev–Trinajstić information content (AvgIpc) is 2.98. The topological polar surface area (TPSA) is 52.9 Å². The molecule has 0 unspecified atom stereocenters. The summed E-state index contributed by atoms with van der Waals surface area (Å²) in [5, 5.41) is 14.8. The van der Waals surface area contributed by atoms with Gasteiger partial charge in [0.1, 0.15) is 0 Å². The van der Waals surface area contributed by atoms with Gasteiger partial charge in [0.2, 0.25) is 5.91 Å². The SMILES string of the molecule is Cc1cc(CC(=O)N2N=C(c3ccccc3)C[C@]2(O)C(F)(F)F)ccc1Cl. The van der Waals surface area contributed by atoms with Crippen molar-refractivity contribution in [3.05, 3.63) is 70.2 Å². The molecule has 1 atom stereocenters. The molecule has 2 aromatic rings. The van der Waals surface area contributed by atoms with Gasteiger partial charge >= 0.3 is 6.18 Å². The predicted molar refractivity (Wildman–Crippen MR) is 95.3 cm³/mol. The quantitative estimate of drug-likeness (QED) is 0.850. The van der Waals surface area contributed by atoms with Gasteiger partial charge in [0, 0.05) is 5.02 Å². The number of hydrogen-bond acceptors (Lipinski definition) is 3. The van der Waals surface area contributed by atoms with Crippen LogP contribution in [0, 0.1) is 6.92 Å². The number of aryl methyl sites for hydroxylation is 1. The van der Waals surface area contributed by atoms with E-state index in [0.29, 0.717) is 21.7 Å². The summed E-state index contributed by atoms with van der Waals surface area (Å²) in [5.41, 5.74) is -1.79. The molecular weight excluding hydrogens is 381 g/mol. The molecule has 1 aliphatic heterocycles. The Morgan fingerprint density at radius 2 is 1.93 bits per heavy atom. The monoisotopic (exact) mass is 396 g/mol. The van der Waals surface area contributed by atoms with Crippen LogP contribution in [0.25, 0.3) is 0 Å². The van der Waals surface area contributed by atoms with Crippen molar-refractivity contribution in [2.75, 3.05) is 0 Å². The normalized spacial score (nSPS) is 19.9. The van der Waals surface area contributed by atoms with Crippen molar-refractivity contribution < 1.29 is 23.1 Å². The van der Waals surface area contributed by atoms with Gasteiger partial charge in [0.05, 0.1) is 18.6 Å². The molecule has 8 heteroatoms. The van der Waals surface area contributed by atoms with Gasteiger partial charge < -0.3 is 5.11 Å². The maximum Gasteiger partial charge on any atom is 0.438 e. The minimum Gasteiger partial charge on any atom is -0.362 e. The summed E-state index contributed by atoms with van der Waals surface area (Å²) in [5.74, 6) is -0.956. The Kier molecular flexibility index (Phi) is 5.01. The second-order valence-electron chi connectivity index (χ2n) is 6.37. The van der Waals surface area contributed by atoms with Gasteiger partial charge in [-0.05, 0) is 29.7 Å². The standard InChI is InChI=1S/C19H16ClF3N2O2/c1-12-9-13(7-8-15(12)20)10-17(26)25-18(27,19(21,22)23)11-16(24-25)14-5-3-2-4-6-14/h2-9,27H,10-11H2,1H3/t18-/m0/s1. The molecule has 0 saturated heterocycles. The van der Waals surface area contributed by atoms with Crippen molar-refractivity contribution in [3.63, 3.8) is 0 Å². The van der Waals surface area contributed by atoms with E-state index >= 15 is 0 Å². The van der Waals surface area contributed by atoms with Crippen molar-refractivity contribution in [3.8, 4) is 0 Å². The Labute approximate surface area is 158 Å². The first kappa shape index (κ1) is 19.4. The number of rotatable bonds is 3. The minimum atomic E-state index is -5.06. The molecule has 0 aliphatic carbocycles. The van der Waals surface area contributed by atoms with Crippen LogP contribution in [0.1, 0.15) is 23.1 Å². The van der Waals surface area contributed by atoms with Crippen LogP contribution in [0.4, 0.5) is 13.2 Å². The van der Waals surface area contributed by atoms with E-state index < -0.39 is 24.2 Å². The molecule has 0 bridgehead atoms. The van der Waals surface area contributed by atoms with Crippen LogP contribution in [0.2, 0.25) is 5.02 Å². The number of aliphatic hydroxyl groups is 1. The highest BCUT2D eigenvalue weighted by Gasteiger charge is 2.63. The first-order valence-corrected chi connectivity index (χ1v) is 8.50.